The smallest absolute Gasteiger partial charge is 0.152 e. The standard InChI is InChI=1S/C33H44N4.2C32H43N5/c1-6-7-12-29-36-30-28(21-32(2,3)4)35-27-11-9-8-10-26(27)31(30)37(29)23-25-15-13-24(14-16-25)22-34-20-19-33(5)17-18-33;1-6-7-12-28-35-29-30(26-10-8-9-11-27(26)34-31(29)33)37(28)21-24-15-13-23(14-16-24)19-36(32(3,4)5)20-25-17-22(2)18-25;1-6-7-12-27-35-28-29(25-10-8-9-11-26(25)34-30(28)33)37(27)22-24-15-13-23(14-16-24)21-36(31(2,3)4)20-19-32(5)17-18-32/h8-11,13-16,34H,6-7,12,17-23H2,1-5H3;8-11,13-16,22,25H,6-7,12,17-21H2,1-5H3,(H2,33,34);8-11,13-16H,6-7,12,17-22H2,1-5H3,(H2,33,34). The van der Waals surface area contributed by atoms with E-state index in [4.69, 9.17) is 31.4 Å². The van der Waals surface area contributed by atoms with Gasteiger partial charge in [0.15, 0.2) is 11.6 Å². The van der Waals surface area contributed by atoms with Crippen LogP contribution in [0.4, 0.5) is 11.6 Å². The van der Waals surface area contributed by atoms with Gasteiger partial charge in [0.05, 0.1) is 38.8 Å². The molecule has 3 saturated carbocycles. The average molecular weight is 1490 g/mol. The van der Waals surface area contributed by atoms with Crippen LogP contribution in [0.15, 0.2) is 146 Å². The molecule has 111 heavy (non-hydrogen) atoms. The Kier molecular flexibility index (Phi) is 25.0. The van der Waals surface area contributed by atoms with Gasteiger partial charge in [-0.15, -0.1) is 0 Å². The molecule has 0 spiro atoms. The fourth-order valence-corrected chi connectivity index (χ4v) is 16.4. The molecule has 6 aromatic carbocycles. The Bertz CT molecular complexity index is 5100. The van der Waals surface area contributed by atoms with E-state index in [1.807, 2.05) is 24.3 Å². The number of imidazole rings is 3. The highest BCUT2D eigenvalue weighted by molar-refractivity contribution is 6.08. The minimum Gasteiger partial charge on any atom is -0.382 e. The van der Waals surface area contributed by atoms with Crippen LogP contribution in [0.2, 0.25) is 0 Å². The van der Waals surface area contributed by atoms with Gasteiger partial charge in [0.25, 0.3) is 0 Å². The van der Waals surface area contributed by atoms with Crippen molar-refractivity contribution in [1.82, 2.24) is 58.7 Å². The summed E-state index contributed by atoms with van der Waals surface area (Å²) in [5.74, 6) is 6.16. The van der Waals surface area contributed by atoms with E-state index in [1.54, 1.807) is 0 Å². The van der Waals surface area contributed by atoms with Crippen molar-refractivity contribution < 1.29 is 0 Å². The summed E-state index contributed by atoms with van der Waals surface area (Å²) in [6.07, 6.45) is 21.5. The molecule has 6 heterocycles. The summed E-state index contributed by atoms with van der Waals surface area (Å²) in [6, 6.07) is 52.7. The van der Waals surface area contributed by atoms with Crippen LogP contribution < -0.4 is 16.8 Å². The van der Waals surface area contributed by atoms with Gasteiger partial charge in [0, 0.05) is 92.3 Å². The predicted octanol–water partition coefficient (Wildman–Crippen LogP) is 22.4. The number of nitrogen functional groups attached to an aromatic ring is 2. The largest absolute Gasteiger partial charge is 0.382 e. The molecule has 0 saturated heterocycles. The van der Waals surface area contributed by atoms with Crippen molar-refractivity contribution in [3.05, 3.63) is 202 Å². The number of anilines is 2. The molecule has 14 heteroatoms. The van der Waals surface area contributed by atoms with E-state index in [2.05, 4.69) is 264 Å². The fraction of sp³-hybridized carbons (Fsp3) is 0.505. The minimum absolute atomic E-state index is 0.149. The summed E-state index contributed by atoms with van der Waals surface area (Å²) in [6.45, 7) is 43.6. The number of hydrogen-bond donors (Lipinski definition) is 3. The molecule has 14 nitrogen and oxygen atoms in total. The van der Waals surface area contributed by atoms with Gasteiger partial charge in [-0.25, -0.2) is 24.9 Å². The summed E-state index contributed by atoms with van der Waals surface area (Å²) in [7, 11) is 0. The zero-order valence-corrected chi connectivity index (χ0v) is 70.2. The van der Waals surface area contributed by atoms with Gasteiger partial charge in [-0.3, -0.25) is 14.8 Å². The first-order valence-corrected chi connectivity index (χ1v) is 42.4. The Hall–Kier alpha value is -8.56. The third kappa shape index (κ3) is 20.1. The SMILES string of the molecule is CCCCc1nc2c(CC(C)(C)C)nc3ccccc3c2n1Cc1ccc(CNCCC2(C)CC2)cc1.CCCCc1nc2c(N)nc3ccccc3c2n1Cc1ccc(CN(CC2CC(C)C2)C(C)(C)C)cc1.CCCCc1nc2c(N)nc3ccccc3c2n1Cc1ccc(CN(CCC2(C)CC2)C(C)(C)C)cc1. The zero-order valence-electron chi connectivity index (χ0n) is 70.2. The Morgan fingerprint density at radius 1 is 0.450 bits per heavy atom. The Labute approximate surface area is 663 Å². The molecule has 0 bridgehead atoms. The van der Waals surface area contributed by atoms with Crippen LogP contribution in [-0.2, 0) is 65.0 Å². The van der Waals surface area contributed by atoms with E-state index in [0.29, 0.717) is 22.5 Å². The highest BCUT2D eigenvalue weighted by Crippen LogP contribution is 2.49. The number of para-hydroxylation sites is 3. The van der Waals surface area contributed by atoms with Gasteiger partial charge in [0.1, 0.15) is 34.0 Å². The number of fused-ring (bicyclic) bond motifs is 9. The van der Waals surface area contributed by atoms with E-state index in [1.165, 1.54) is 108 Å². The predicted molar refractivity (Wildman–Crippen MR) is 467 cm³/mol. The molecule has 15 rings (SSSR count). The number of aromatic nitrogens is 9. The Morgan fingerprint density at radius 2 is 0.820 bits per heavy atom. The third-order valence-electron chi connectivity index (χ3n) is 24.2. The lowest BCUT2D eigenvalue weighted by Crippen LogP contribution is -2.45. The number of unbranched alkanes of at least 4 members (excludes halogenated alkanes) is 3. The first kappa shape index (κ1) is 80.5. The lowest BCUT2D eigenvalue weighted by atomic mass is 9.75. The highest BCUT2D eigenvalue weighted by Gasteiger charge is 2.39. The molecular weight excluding hydrogens is 1360 g/mol. The third-order valence-corrected chi connectivity index (χ3v) is 24.2. The minimum atomic E-state index is 0.149. The maximum atomic E-state index is 6.39. The summed E-state index contributed by atoms with van der Waals surface area (Å²) in [5, 5.41) is 7.08. The van der Waals surface area contributed by atoms with E-state index < -0.39 is 0 Å². The lowest BCUT2D eigenvalue weighted by molar-refractivity contribution is 0.0634. The van der Waals surface area contributed by atoms with E-state index in [0.717, 1.165) is 201 Å². The second kappa shape index (κ2) is 34.4. The molecule has 0 aliphatic heterocycles. The monoisotopic (exact) mass is 1490 g/mol. The maximum absolute atomic E-state index is 6.39. The van der Waals surface area contributed by atoms with Gasteiger partial charge in [-0.05, 0) is 211 Å². The van der Waals surface area contributed by atoms with Gasteiger partial charge in [0.2, 0.25) is 0 Å². The molecule has 3 aliphatic carbocycles. The summed E-state index contributed by atoms with van der Waals surface area (Å²) >= 11 is 0. The van der Waals surface area contributed by atoms with Crippen LogP contribution >= 0.6 is 0 Å². The topological polar surface area (TPSA) is 163 Å². The summed E-state index contributed by atoms with van der Waals surface area (Å²) in [5.41, 5.74) is 32.7. The van der Waals surface area contributed by atoms with Crippen LogP contribution in [0.1, 0.15) is 250 Å². The lowest BCUT2D eigenvalue weighted by Gasteiger charge is -2.42. The van der Waals surface area contributed by atoms with Crippen molar-refractivity contribution >= 4 is 77.4 Å². The highest BCUT2D eigenvalue weighted by atomic mass is 15.2. The molecule has 0 radical (unpaired) electrons. The van der Waals surface area contributed by atoms with E-state index >= 15 is 0 Å². The molecule has 0 amide bonds. The summed E-state index contributed by atoms with van der Waals surface area (Å²) < 4.78 is 7.22. The van der Waals surface area contributed by atoms with Crippen LogP contribution in [-0.4, -0.2) is 84.1 Å². The number of nitrogens with one attached hydrogen (secondary N) is 1. The quantitative estimate of drug-likeness (QED) is 0.0367. The number of nitrogens with zero attached hydrogens (tertiary/aromatic N) is 11. The van der Waals surface area contributed by atoms with Crippen molar-refractivity contribution in [2.45, 2.75) is 270 Å². The Balaban J connectivity index is 0.000000146. The molecule has 0 atom stereocenters. The first-order chi connectivity index (χ1) is 53.1. The number of benzene rings is 6. The average Bonchev–Trinajstić information content (AvgIpc) is 1.63. The molecule has 3 fully saturated rings. The van der Waals surface area contributed by atoms with Gasteiger partial charge < -0.3 is 30.5 Å². The number of nitrogens with two attached hydrogens (primary N) is 2. The van der Waals surface area contributed by atoms with Crippen LogP contribution in [0, 0.1) is 28.1 Å². The molecule has 3 aliphatic rings. The second-order valence-electron chi connectivity index (χ2n) is 37.4. The van der Waals surface area contributed by atoms with Gasteiger partial charge in [-0.2, -0.15) is 0 Å². The molecule has 6 aromatic heterocycles. The van der Waals surface area contributed by atoms with Crippen molar-refractivity contribution in [2.24, 2.45) is 28.1 Å². The van der Waals surface area contributed by atoms with Crippen molar-refractivity contribution in [3.8, 4) is 0 Å². The van der Waals surface area contributed by atoms with Gasteiger partial charge in [-0.1, -0.05) is 209 Å². The number of hydrogen-bond acceptors (Lipinski definition) is 11. The van der Waals surface area contributed by atoms with Crippen LogP contribution in [0.5, 0.6) is 0 Å². The van der Waals surface area contributed by atoms with Crippen LogP contribution in [0.25, 0.3) is 65.8 Å². The normalized spacial score (nSPS) is 16.1. The van der Waals surface area contributed by atoms with E-state index in [9.17, 15) is 0 Å². The first-order valence-electron chi connectivity index (χ1n) is 42.4. The van der Waals surface area contributed by atoms with Crippen molar-refractivity contribution in [2.75, 3.05) is 31.1 Å². The van der Waals surface area contributed by atoms with Crippen molar-refractivity contribution in [3.63, 3.8) is 0 Å². The number of aryl methyl sites for hydroxylation is 3. The van der Waals surface area contributed by atoms with E-state index in [-0.39, 0.29) is 16.5 Å². The van der Waals surface area contributed by atoms with Crippen molar-refractivity contribution in [1.29, 1.82) is 0 Å². The van der Waals surface area contributed by atoms with Gasteiger partial charge >= 0.3 is 0 Å². The number of rotatable bonds is 30. The molecular formula is C97H130N14. The molecule has 0 unspecified atom stereocenters. The fourth-order valence-electron chi connectivity index (χ4n) is 16.4. The molecule has 12 aromatic rings. The zero-order chi connectivity index (χ0) is 78.4. The molecule has 588 valence electrons. The second-order valence-corrected chi connectivity index (χ2v) is 37.4. The summed E-state index contributed by atoms with van der Waals surface area (Å²) in [4.78, 5) is 34.9. The number of pyridine rings is 3. The molecule has 5 N–H and O–H groups in total. The maximum Gasteiger partial charge on any atom is 0.152 e. The Morgan fingerprint density at radius 3 is 1.22 bits per heavy atom. The van der Waals surface area contributed by atoms with Crippen LogP contribution in [0.3, 0.4) is 0 Å².